The zero-order chi connectivity index (χ0) is 72.6. The average molecular weight is 1400 g/mol. The first-order valence-corrected chi connectivity index (χ1v) is 35.1. The van der Waals surface area contributed by atoms with Crippen LogP contribution in [-0.2, 0) is 59.5 Å². The first-order valence-electron chi connectivity index (χ1n) is 35.1. The minimum absolute atomic E-state index is 0.0205. The third kappa shape index (κ3) is 16.4. The molecule has 1 unspecified atom stereocenters. The maximum absolute atomic E-state index is 14.5. The highest BCUT2D eigenvalue weighted by Gasteiger charge is 2.58. The van der Waals surface area contributed by atoms with E-state index in [2.05, 4.69) is 27.5 Å². The van der Waals surface area contributed by atoms with Crippen LogP contribution in [0.1, 0.15) is 151 Å². The molecule has 5 aromatic carbocycles. The molecule has 1 aliphatic carbocycles. The third-order valence-electron chi connectivity index (χ3n) is 20.3. The lowest BCUT2D eigenvalue weighted by Crippen LogP contribution is -2.50. The Morgan fingerprint density at radius 1 is 0.718 bits per heavy atom. The van der Waals surface area contributed by atoms with Crippen LogP contribution in [0.2, 0.25) is 0 Å². The number of carbonyl (C=O) groups excluding carboxylic acids is 9. The van der Waals surface area contributed by atoms with Crippen LogP contribution < -0.4 is 44.1 Å². The van der Waals surface area contributed by atoms with Gasteiger partial charge in [-0.2, -0.15) is 0 Å². The molecule has 5 atom stereocenters. The second kappa shape index (κ2) is 31.6. The van der Waals surface area contributed by atoms with Crippen LogP contribution in [-0.4, -0.2) is 145 Å². The van der Waals surface area contributed by atoms with E-state index in [-0.39, 0.29) is 141 Å². The summed E-state index contributed by atoms with van der Waals surface area (Å²) in [6.45, 7) is 5.56. The number of ketones is 3. The molecule has 2 fully saturated rings. The first kappa shape index (κ1) is 71.9. The predicted molar refractivity (Wildman–Crippen MR) is 380 cm³/mol. The lowest BCUT2D eigenvalue weighted by Gasteiger charge is -2.31. The van der Waals surface area contributed by atoms with Gasteiger partial charge in [-0.25, -0.2) is 14.7 Å². The summed E-state index contributed by atoms with van der Waals surface area (Å²) >= 11 is 0. The van der Waals surface area contributed by atoms with Gasteiger partial charge < -0.3 is 58.9 Å². The van der Waals surface area contributed by atoms with Crippen molar-refractivity contribution in [1.29, 1.82) is 0 Å². The molecular formula is C80H85N7O16. The van der Waals surface area contributed by atoms with Gasteiger partial charge >= 0.3 is 6.09 Å². The number of carbonyl (C=O) groups is 9. The number of fused-ring (bicyclic) bond motifs is 6. The van der Waals surface area contributed by atoms with Crippen molar-refractivity contribution in [2.75, 3.05) is 57.4 Å². The Balaban J connectivity index is 0.606. The number of Topliss-reactive ketones (excluding diaryl/α,β-unsaturated/α-hetero) is 3. The van der Waals surface area contributed by atoms with Crippen molar-refractivity contribution in [3.63, 3.8) is 0 Å². The van der Waals surface area contributed by atoms with Crippen LogP contribution >= 0.6 is 0 Å². The monoisotopic (exact) mass is 1400 g/mol. The van der Waals surface area contributed by atoms with Gasteiger partial charge in [0.05, 0.1) is 76.7 Å². The quantitative estimate of drug-likeness (QED) is 0.0304. The van der Waals surface area contributed by atoms with Crippen molar-refractivity contribution in [3.8, 4) is 40.7 Å². The SMILES string of the molecule is COc1ccc(C2=CN3C(=O)c4cc(OC)c(OCCCOc5cc6c(cc5OC)C(=O)N5CC7(CC7)C[C@H]5C(O)N6C(=O)OCc5ccc(CC(=O)[C@H](C)NC(=O)[C@@H](CC(=O)CNC(=O)CCC(=O)CCC(=O)N6Cc7ccccc7C#Cc7ccccc76)C(C)C)cc5)cc4CC[C@@H]3C2)cn1. The van der Waals surface area contributed by atoms with E-state index < -0.39 is 47.9 Å². The molecule has 1 saturated carbocycles. The Hall–Kier alpha value is -10.9. The van der Waals surface area contributed by atoms with Gasteiger partial charge in [-0.05, 0) is 133 Å². The van der Waals surface area contributed by atoms with Crippen molar-refractivity contribution in [2.24, 2.45) is 17.3 Å². The van der Waals surface area contributed by atoms with Crippen molar-refractivity contribution in [3.05, 3.63) is 172 Å². The van der Waals surface area contributed by atoms with E-state index in [0.29, 0.717) is 77.5 Å². The summed E-state index contributed by atoms with van der Waals surface area (Å²) < 4.78 is 35.2. The minimum Gasteiger partial charge on any atom is -0.493 e. The summed E-state index contributed by atoms with van der Waals surface area (Å²) in [5.41, 5.74) is 7.65. The number of ether oxygens (including phenoxy) is 6. The topological polar surface area (TPSA) is 279 Å². The van der Waals surface area contributed by atoms with Crippen molar-refractivity contribution >= 4 is 69.9 Å². The molecule has 0 bridgehead atoms. The van der Waals surface area contributed by atoms with E-state index >= 15 is 0 Å². The van der Waals surface area contributed by atoms with Crippen LogP contribution in [0.25, 0.3) is 5.57 Å². The number of anilines is 2. The summed E-state index contributed by atoms with van der Waals surface area (Å²) in [5, 5.41) is 17.5. The fourth-order valence-electron chi connectivity index (χ4n) is 14.1. The van der Waals surface area contributed by atoms with Crippen molar-refractivity contribution < 1.29 is 76.7 Å². The van der Waals surface area contributed by atoms with Crippen molar-refractivity contribution in [2.45, 2.75) is 142 Å². The summed E-state index contributed by atoms with van der Waals surface area (Å²) in [6, 6.07) is 30.5. The van der Waals surface area contributed by atoms with Gasteiger partial charge in [-0.1, -0.05) is 80.3 Å². The number of aliphatic hydroxyl groups is 1. The molecule has 6 aromatic rings. The first-order chi connectivity index (χ1) is 49.7. The zero-order valence-corrected chi connectivity index (χ0v) is 58.8. The number of nitrogens with one attached hydrogen (secondary N) is 2. The number of hydrogen-bond acceptors (Lipinski definition) is 17. The smallest absolute Gasteiger partial charge is 0.416 e. The maximum atomic E-state index is 14.5. The average Bonchev–Trinajstić information content (AvgIpc) is 1.57. The van der Waals surface area contributed by atoms with E-state index in [4.69, 9.17) is 28.4 Å². The number of hydrogen-bond donors (Lipinski definition) is 3. The largest absolute Gasteiger partial charge is 0.493 e. The molecule has 0 radical (unpaired) electrons. The van der Waals surface area contributed by atoms with Crippen LogP contribution in [0.5, 0.6) is 28.9 Å². The van der Waals surface area contributed by atoms with Gasteiger partial charge in [0.15, 0.2) is 40.8 Å². The van der Waals surface area contributed by atoms with Crippen LogP contribution in [0.15, 0.2) is 122 Å². The lowest BCUT2D eigenvalue weighted by atomic mass is 9.89. The number of aliphatic hydroxyl groups excluding tert-OH is 1. The molecule has 3 N–H and O–H groups in total. The number of aromatic nitrogens is 1. The molecule has 6 heterocycles. The fraction of sp³-hybridized carbons (Fsp3) is 0.400. The molecule has 6 amide bonds. The fourth-order valence-corrected chi connectivity index (χ4v) is 14.1. The zero-order valence-electron chi connectivity index (χ0n) is 58.8. The molecule has 23 heteroatoms. The number of nitrogens with zero attached hydrogens (tertiary/aromatic N) is 5. The summed E-state index contributed by atoms with van der Waals surface area (Å²) in [4.78, 5) is 133. The highest BCUT2D eigenvalue weighted by molar-refractivity contribution is 6.06. The highest BCUT2D eigenvalue weighted by atomic mass is 16.6. The van der Waals surface area contributed by atoms with Gasteiger partial charge in [-0.3, -0.25) is 38.4 Å². The number of rotatable bonds is 28. The molecule has 536 valence electrons. The minimum atomic E-state index is -1.48. The molecule has 1 aromatic heterocycles. The molecule has 6 aliphatic rings. The van der Waals surface area contributed by atoms with Gasteiger partial charge in [0.2, 0.25) is 23.6 Å². The number of para-hydroxylation sites is 1. The number of benzene rings is 5. The van der Waals surface area contributed by atoms with E-state index in [9.17, 15) is 48.3 Å². The maximum Gasteiger partial charge on any atom is 0.416 e. The van der Waals surface area contributed by atoms with E-state index in [1.54, 1.807) is 85.2 Å². The molecule has 5 aliphatic heterocycles. The van der Waals surface area contributed by atoms with Gasteiger partial charge in [0.25, 0.3) is 11.8 Å². The summed E-state index contributed by atoms with van der Waals surface area (Å²) in [5.74, 6) is 4.32. The van der Waals surface area contributed by atoms with Crippen LogP contribution in [0.3, 0.4) is 0 Å². The van der Waals surface area contributed by atoms with Crippen molar-refractivity contribution in [1.82, 2.24) is 25.4 Å². The second-order valence-corrected chi connectivity index (χ2v) is 27.6. The summed E-state index contributed by atoms with van der Waals surface area (Å²) in [6.07, 6.45) is 5.31. The lowest BCUT2D eigenvalue weighted by molar-refractivity contribution is -0.133. The Labute approximate surface area is 598 Å². The van der Waals surface area contributed by atoms with Crippen LogP contribution in [0, 0.1) is 29.1 Å². The van der Waals surface area contributed by atoms with E-state index in [1.807, 2.05) is 66.9 Å². The number of amides is 6. The number of methoxy groups -OCH3 is 3. The van der Waals surface area contributed by atoms with Gasteiger partial charge in [-0.15, -0.1) is 0 Å². The Bertz CT molecular complexity index is 4380. The normalized spacial score (nSPS) is 17.9. The Morgan fingerprint density at radius 2 is 1.41 bits per heavy atom. The Morgan fingerprint density at radius 3 is 2.12 bits per heavy atom. The molecule has 12 rings (SSSR count). The Kier molecular flexibility index (Phi) is 22.1. The summed E-state index contributed by atoms with van der Waals surface area (Å²) in [7, 11) is 4.54. The van der Waals surface area contributed by atoms with E-state index in [1.165, 1.54) is 26.4 Å². The standard InChI is InChI=1S/C80H85N7O16/c1-48(2)61(37-60(89)43-81-72(91)27-25-59(88)26-29-74(92)85-44-56-14-8-7-12-52(56)20-21-53-13-9-10-15-64(53)85)75(93)83-49(3)67(90)34-50-16-18-51(19-17-50)46-103-79(97)87-65-40-71(69(99-5)39-63(65)77(95)86-47-80(30-31-80)41-66(86)78(87)96)102-33-11-32-101-70-36-54-22-24-58-35-57(55-23-28-73(100-6)82-42-55)45-84(58)76(94)62(54)38-68(70)98-4/h7-10,12-19,23,28,36,38-40,42,45,48-49,58,61,66,78,96H,11,22,24-27,29-35,37,41,43-44,46-47H2,1-6H3,(H,81,91)(H,83,93)/t49-,58+,61-,66-,78?/m0/s1. The third-order valence-corrected chi connectivity index (χ3v) is 20.3. The number of pyridine rings is 1. The highest BCUT2D eigenvalue weighted by Crippen LogP contribution is 2.57. The van der Waals surface area contributed by atoms with Crippen LogP contribution in [0.4, 0.5) is 16.2 Å². The molecule has 23 nitrogen and oxygen atoms in total. The molecular weight excluding hydrogens is 1310 g/mol. The molecule has 1 saturated heterocycles. The van der Waals surface area contributed by atoms with Gasteiger partial charge in [0, 0.05) is 105 Å². The second-order valence-electron chi connectivity index (χ2n) is 27.6. The number of aryl methyl sites for hydroxylation is 1. The molecule has 1 spiro atoms. The predicted octanol–water partition coefficient (Wildman–Crippen LogP) is 9.67. The van der Waals surface area contributed by atoms with E-state index in [0.717, 1.165) is 52.0 Å². The molecule has 103 heavy (non-hydrogen) atoms. The van der Waals surface area contributed by atoms with Gasteiger partial charge in [0.1, 0.15) is 12.4 Å².